The number of carbonyl (C=O) groups excluding carboxylic acids is 1. The molecule has 0 aromatic rings. The Balaban J connectivity index is 1.88. The van der Waals surface area contributed by atoms with Gasteiger partial charge in [-0.1, -0.05) is 18.4 Å². The van der Waals surface area contributed by atoms with Gasteiger partial charge in [-0.2, -0.15) is 0 Å². The van der Waals surface area contributed by atoms with Gasteiger partial charge in [0.1, 0.15) is 11.2 Å². The standard InChI is InChI=1S/C17H25NO3/c1-13(2)7-8-17(20-6)9-16(10-17)11-18(12-16)14(19)21-15(3,4)5/h1,9-12H2,2-6H3. The zero-order valence-electron chi connectivity index (χ0n) is 13.7. The van der Waals surface area contributed by atoms with Gasteiger partial charge in [0, 0.05) is 25.6 Å². The summed E-state index contributed by atoms with van der Waals surface area (Å²) in [6.45, 7) is 12.8. The van der Waals surface area contributed by atoms with Gasteiger partial charge in [-0.3, -0.25) is 0 Å². The molecule has 1 aliphatic heterocycles. The molecule has 2 rings (SSSR count). The van der Waals surface area contributed by atoms with Crippen LogP contribution in [-0.2, 0) is 9.47 Å². The van der Waals surface area contributed by atoms with Crippen LogP contribution in [0.5, 0.6) is 0 Å². The fraction of sp³-hybridized carbons (Fsp3) is 0.706. The molecule has 0 aromatic heterocycles. The van der Waals surface area contributed by atoms with Crippen LogP contribution in [0.2, 0.25) is 0 Å². The summed E-state index contributed by atoms with van der Waals surface area (Å²) in [5.41, 5.74) is 0.203. The van der Waals surface area contributed by atoms with E-state index in [-0.39, 0.29) is 17.1 Å². The molecule has 0 aromatic carbocycles. The number of methoxy groups -OCH3 is 1. The smallest absolute Gasteiger partial charge is 0.410 e. The second-order valence-corrected chi connectivity index (χ2v) is 7.42. The van der Waals surface area contributed by atoms with Crippen LogP contribution in [0.25, 0.3) is 0 Å². The molecule has 4 nitrogen and oxygen atoms in total. The van der Waals surface area contributed by atoms with Crippen molar-refractivity contribution >= 4 is 6.09 Å². The fourth-order valence-corrected chi connectivity index (χ4v) is 3.11. The summed E-state index contributed by atoms with van der Waals surface area (Å²) in [5.74, 6) is 6.20. The summed E-state index contributed by atoms with van der Waals surface area (Å²) < 4.78 is 11.0. The molecule has 0 unspecified atom stereocenters. The minimum Gasteiger partial charge on any atom is -0.444 e. The molecular formula is C17H25NO3. The zero-order chi connectivity index (χ0) is 15.9. The molecule has 2 fully saturated rings. The maximum atomic E-state index is 11.9. The minimum absolute atomic E-state index is 0.163. The molecule has 1 saturated heterocycles. The van der Waals surface area contributed by atoms with Crippen molar-refractivity contribution in [2.45, 2.75) is 51.7 Å². The predicted molar refractivity (Wildman–Crippen MR) is 81.8 cm³/mol. The molecular weight excluding hydrogens is 266 g/mol. The van der Waals surface area contributed by atoms with E-state index in [9.17, 15) is 4.79 Å². The monoisotopic (exact) mass is 291 g/mol. The van der Waals surface area contributed by atoms with Crippen molar-refractivity contribution in [2.24, 2.45) is 5.41 Å². The van der Waals surface area contributed by atoms with E-state index in [0.717, 1.165) is 31.5 Å². The number of carbonyl (C=O) groups is 1. The normalized spacial score (nSPS) is 21.7. The number of ether oxygens (including phenoxy) is 2. The Morgan fingerprint density at radius 3 is 2.29 bits per heavy atom. The molecule has 1 amide bonds. The van der Waals surface area contributed by atoms with Crippen LogP contribution in [0.3, 0.4) is 0 Å². The highest BCUT2D eigenvalue weighted by molar-refractivity contribution is 5.69. The number of hydrogen-bond acceptors (Lipinski definition) is 3. The minimum atomic E-state index is -0.442. The predicted octanol–water partition coefficient (Wildman–Crippen LogP) is 2.98. The number of allylic oxidation sites excluding steroid dienone is 1. The van der Waals surface area contributed by atoms with Crippen molar-refractivity contribution in [2.75, 3.05) is 20.2 Å². The maximum Gasteiger partial charge on any atom is 0.410 e. The van der Waals surface area contributed by atoms with Gasteiger partial charge in [0.25, 0.3) is 0 Å². The number of amides is 1. The molecule has 116 valence electrons. The topological polar surface area (TPSA) is 38.8 Å². The largest absolute Gasteiger partial charge is 0.444 e. The number of rotatable bonds is 1. The van der Waals surface area contributed by atoms with Gasteiger partial charge in [-0.05, 0) is 46.1 Å². The van der Waals surface area contributed by atoms with Crippen molar-refractivity contribution in [3.05, 3.63) is 12.2 Å². The Morgan fingerprint density at radius 2 is 1.86 bits per heavy atom. The van der Waals surface area contributed by atoms with Crippen LogP contribution in [0.1, 0.15) is 40.5 Å². The van der Waals surface area contributed by atoms with Crippen LogP contribution in [0.15, 0.2) is 12.2 Å². The van der Waals surface area contributed by atoms with Gasteiger partial charge in [0.15, 0.2) is 0 Å². The van der Waals surface area contributed by atoms with Crippen molar-refractivity contribution in [1.29, 1.82) is 0 Å². The molecule has 1 spiro atoms. The first-order chi connectivity index (χ1) is 9.59. The van der Waals surface area contributed by atoms with Gasteiger partial charge < -0.3 is 14.4 Å². The van der Waals surface area contributed by atoms with Gasteiger partial charge >= 0.3 is 6.09 Å². The molecule has 2 aliphatic rings. The SMILES string of the molecule is C=C(C)C#CC1(OC)CC2(CN(C(=O)OC(C)(C)C)C2)C1. The molecule has 0 radical (unpaired) electrons. The number of hydrogen-bond donors (Lipinski definition) is 0. The third-order valence-corrected chi connectivity index (χ3v) is 3.92. The summed E-state index contributed by atoms with van der Waals surface area (Å²) in [6.07, 6.45) is 1.52. The quantitative estimate of drug-likeness (QED) is 0.697. The summed E-state index contributed by atoms with van der Waals surface area (Å²) in [4.78, 5) is 13.7. The van der Waals surface area contributed by atoms with Gasteiger partial charge in [-0.25, -0.2) is 4.79 Å². The van der Waals surface area contributed by atoms with Crippen LogP contribution < -0.4 is 0 Å². The Morgan fingerprint density at radius 1 is 1.29 bits per heavy atom. The van der Waals surface area contributed by atoms with E-state index < -0.39 is 5.60 Å². The fourth-order valence-electron chi connectivity index (χ4n) is 3.11. The van der Waals surface area contributed by atoms with E-state index in [1.54, 1.807) is 12.0 Å². The first-order valence-electron chi connectivity index (χ1n) is 7.31. The average molecular weight is 291 g/mol. The second-order valence-electron chi connectivity index (χ2n) is 7.42. The zero-order valence-corrected chi connectivity index (χ0v) is 13.7. The molecule has 0 atom stereocenters. The lowest BCUT2D eigenvalue weighted by atomic mass is 9.55. The van der Waals surface area contributed by atoms with Crippen LogP contribution in [-0.4, -0.2) is 42.4 Å². The lowest BCUT2D eigenvalue weighted by Gasteiger charge is -2.61. The summed E-state index contributed by atoms with van der Waals surface area (Å²) in [6, 6.07) is 0. The Labute approximate surface area is 127 Å². The van der Waals surface area contributed by atoms with E-state index in [2.05, 4.69) is 18.4 Å². The molecule has 1 aliphatic carbocycles. The van der Waals surface area contributed by atoms with Crippen molar-refractivity contribution < 1.29 is 14.3 Å². The molecule has 0 N–H and O–H groups in total. The van der Waals surface area contributed by atoms with E-state index in [1.165, 1.54) is 0 Å². The highest BCUT2D eigenvalue weighted by atomic mass is 16.6. The number of nitrogens with zero attached hydrogens (tertiary/aromatic N) is 1. The summed E-state index contributed by atoms with van der Waals surface area (Å²) in [7, 11) is 1.70. The molecule has 1 heterocycles. The Hall–Kier alpha value is -1.47. The molecule has 4 heteroatoms. The van der Waals surface area contributed by atoms with Crippen LogP contribution in [0.4, 0.5) is 4.79 Å². The van der Waals surface area contributed by atoms with Crippen LogP contribution in [0, 0.1) is 17.3 Å². The maximum absolute atomic E-state index is 11.9. The van der Waals surface area contributed by atoms with E-state index in [4.69, 9.17) is 9.47 Å². The van der Waals surface area contributed by atoms with Crippen molar-refractivity contribution in [3.63, 3.8) is 0 Å². The summed E-state index contributed by atoms with van der Waals surface area (Å²) >= 11 is 0. The third kappa shape index (κ3) is 3.41. The Bertz CT molecular complexity index is 504. The second kappa shape index (κ2) is 5.06. The summed E-state index contributed by atoms with van der Waals surface area (Å²) in [5, 5.41) is 0. The van der Waals surface area contributed by atoms with Gasteiger partial charge in [-0.15, -0.1) is 0 Å². The van der Waals surface area contributed by atoms with Gasteiger partial charge in [0.05, 0.1) is 0 Å². The average Bonchev–Trinajstić information content (AvgIpc) is 2.22. The van der Waals surface area contributed by atoms with Crippen molar-refractivity contribution in [1.82, 2.24) is 4.90 Å². The molecule has 21 heavy (non-hydrogen) atoms. The van der Waals surface area contributed by atoms with Crippen molar-refractivity contribution in [3.8, 4) is 11.8 Å². The first-order valence-corrected chi connectivity index (χ1v) is 7.31. The Kier molecular flexibility index (Phi) is 3.84. The van der Waals surface area contributed by atoms with E-state index in [1.807, 2.05) is 27.7 Å². The lowest BCUT2D eigenvalue weighted by Crippen LogP contribution is -2.69. The number of likely N-dealkylation sites (tertiary alicyclic amines) is 1. The first kappa shape index (κ1) is 15.9. The molecule has 1 saturated carbocycles. The van der Waals surface area contributed by atoms with Crippen LogP contribution >= 0.6 is 0 Å². The van der Waals surface area contributed by atoms with E-state index in [0.29, 0.717) is 0 Å². The van der Waals surface area contributed by atoms with E-state index >= 15 is 0 Å². The molecule has 0 bridgehead atoms. The highest BCUT2D eigenvalue weighted by Gasteiger charge is 2.61. The lowest BCUT2D eigenvalue weighted by molar-refractivity contribution is -0.170. The highest BCUT2D eigenvalue weighted by Crippen LogP contribution is 2.55. The van der Waals surface area contributed by atoms with Gasteiger partial charge in [0.2, 0.25) is 0 Å². The third-order valence-electron chi connectivity index (χ3n) is 3.92.